The molecule has 2 atom stereocenters. The molecule has 6 heteroatoms. The summed E-state index contributed by atoms with van der Waals surface area (Å²) in [5, 5.41) is 23.5. The molecular formula is C79H155NO5. The molecule has 1 amide bonds. The molecule has 0 aliphatic rings. The van der Waals surface area contributed by atoms with E-state index in [-0.39, 0.29) is 18.5 Å². The Morgan fingerprint density at radius 3 is 0.835 bits per heavy atom. The quantitative estimate of drug-likeness (QED) is 0.0320. The molecule has 506 valence electrons. The van der Waals surface area contributed by atoms with Crippen molar-refractivity contribution >= 4 is 11.9 Å². The van der Waals surface area contributed by atoms with Crippen molar-refractivity contribution in [2.75, 3.05) is 13.2 Å². The highest BCUT2D eigenvalue weighted by atomic mass is 16.5. The standard InChI is InChI=1S/C79H155NO5/c1-3-5-7-9-11-13-15-17-19-20-21-22-35-38-41-44-47-51-55-59-63-67-71-77(82)76(75-81)80-78(83)72-68-64-60-56-52-48-45-42-39-36-33-31-29-27-25-23-24-26-28-30-32-34-37-40-43-46-50-54-58-62-66-70-74-85-79(84)73-69-65-61-57-53-49-18-16-14-12-10-8-6-4-2/h26,28,76-77,81-82H,3-25,27,29-75H2,1-2H3,(H,80,83)/b28-26-. The fraction of sp³-hybridized carbons (Fsp3) is 0.949. The Morgan fingerprint density at radius 2 is 0.553 bits per heavy atom. The zero-order valence-corrected chi connectivity index (χ0v) is 58.1. The number of carbonyl (C=O) groups is 2. The molecule has 0 rings (SSSR count). The molecule has 85 heavy (non-hydrogen) atoms. The Hall–Kier alpha value is -1.40. The molecule has 0 aliphatic heterocycles. The van der Waals surface area contributed by atoms with Gasteiger partial charge in [0.2, 0.25) is 5.91 Å². The average molecular weight is 1200 g/mol. The summed E-state index contributed by atoms with van der Waals surface area (Å²) in [6.45, 7) is 5.01. The zero-order chi connectivity index (χ0) is 61.3. The fourth-order valence-electron chi connectivity index (χ4n) is 12.8. The lowest BCUT2D eigenvalue weighted by molar-refractivity contribution is -0.143. The molecule has 0 aliphatic carbocycles. The highest BCUT2D eigenvalue weighted by Crippen LogP contribution is 2.20. The first-order valence-corrected chi connectivity index (χ1v) is 39.4. The van der Waals surface area contributed by atoms with Crippen molar-refractivity contribution in [1.29, 1.82) is 0 Å². The van der Waals surface area contributed by atoms with Crippen LogP contribution in [0, 0.1) is 0 Å². The first kappa shape index (κ1) is 83.6. The number of ether oxygens (including phenoxy) is 1. The van der Waals surface area contributed by atoms with Crippen LogP contribution in [0.4, 0.5) is 0 Å². The highest BCUT2D eigenvalue weighted by Gasteiger charge is 2.20. The number of allylic oxidation sites excluding steroid dienone is 2. The number of rotatable bonds is 75. The number of aliphatic hydroxyl groups excluding tert-OH is 2. The van der Waals surface area contributed by atoms with Crippen molar-refractivity contribution in [3.8, 4) is 0 Å². The topological polar surface area (TPSA) is 95.9 Å². The third-order valence-electron chi connectivity index (χ3n) is 18.8. The van der Waals surface area contributed by atoms with Crippen LogP contribution in [-0.4, -0.2) is 47.4 Å². The highest BCUT2D eigenvalue weighted by molar-refractivity contribution is 5.76. The van der Waals surface area contributed by atoms with Crippen LogP contribution >= 0.6 is 0 Å². The van der Waals surface area contributed by atoms with Gasteiger partial charge in [-0.25, -0.2) is 0 Å². The molecule has 0 spiro atoms. The van der Waals surface area contributed by atoms with Crippen LogP contribution in [0.5, 0.6) is 0 Å². The summed E-state index contributed by atoms with van der Waals surface area (Å²) in [6.07, 6.45) is 94.4. The van der Waals surface area contributed by atoms with Crippen LogP contribution < -0.4 is 5.32 Å². The van der Waals surface area contributed by atoms with E-state index in [1.807, 2.05) is 0 Å². The number of esters is 1. The predicted molar refractivity (Wildman–Crippen MR) is 375 cm³/mol. The van der Waals surface area contributed by atoms with Gasteiger partial charge in [0, 0.05) is 12.8 Å². The number of carbonyl (C=O) groups excluding carboxylic acids is 2. The summed E-state index contributed by atoms with van der Waals surface area (Å²) >= 11 is 0. The van der Waals surface area contributed by atoms with Crippen LogP contribution in [0.25, 0.3) is 0 Å². The number of aliphatic hydroxyl groups is 2. The van der Waals surface area contributed by atoms with Crippen molar-refractivity contribution < 1.29 is 24.5 Å². The molecule has 0 aromatic carbocycles. The molecule has 0 bridgehead atoms. The molecule has 0 aromatic rings. The predicted octanol–water partition coefficient (Wildman–Crippen LogP) is 25.9. The van der Waals surface area contributed by atoms with E-state index in [0.29, 0.717) is 25.9 Å². The van der Waals surface area contributed by atoms with E-state index in [1.165, 1.54) is 385 Å². The van der Waals surface area contributed by atoms with E-state index >= 15 is 0 Å². The van der Waals surface area contributed by atoms with Crippen molar-refractivity contribution in [3.63, 3.8) is 0 Å². The summed E-state index contributed by atoms with van der Waals surface area (Å²) in [5.74, 6) is -0.00479. The number of hydrogen-bond donors (Lipinski definition) is 3. The summed E-state index contributed by atoms with van der Waals surface area (Å²) in [6, 6.07) is -0.540. The minimum Gasteiger partial charge on any atom is -0.466 e. The van der Waals surface area contributed by atoms with Gasteiger partial charge in [0.1, 0.15) is 0 Å². The Labute approximate surface area is 533 Å². The maximum absolute atomic E-state index is 12.6. The van der Waals surface area contributed by atoms with Gasteiger partial charge in [-0.3, -0.25) is 9.59 Å². The van der Waals surface area contributed by atoms with E-state index in [4.69, 9.17) is 4.74 Å². The molecule has 0 saturated carbocycles. The molecule has 0 heterocycles. The number of hydrogen-bond acceptors (Lipinski definition) is 5. The Bertz CT molecular complexity index is 1290. The molecule has 2 unspecified atom stereocenters. The molecule has 0 saturated heterocycles. The lowest BCUT2D eigenvalue weighted by atomic mass is 10.0. The van der Waals surface area contributed by atoms with Gasteiger partial charge in [0.25, 0.3) is 0 Å². The summed E-state index contributed by atoms with van der Waals surface area (Å²) in [5.41, 5.74) is 0. The maximum atomic E-state index is 12.6. The summed E-state index contributed by atoms with van der Waals surface area (Å²) in [7, 11) is 0. The summed E-state index contributed by atoms with van der Waals surface area (Å²) < 4.78 is 5.50. The lowest BCUT2D eigenvalue weighted by Crippen LogP contribution is -2.45. The average Bonchev–Trinajstić information content (AvgIpc) is 3.51. The van der Waals surface area contributed by atoms with Crippen LogP contribution in [-0.2, 0) is 14.3 Å². The Morgan fingerprint density at radius 1 is 0.318 bits per heavy atom. The molecule has 0 fully saturated rings. The van der Waals surface area contributed by atoms with E-state index in [0.717, 1.165) is 38.5 Å². The third-order valence-corrected chi connectivity index (χ3v) is 18.8. The SMILES string of the molecule is CCCCCCCCCCCCCCCCCCCCCCCCC(O)C(CO)NC(=O)CCCCCCCCCCCCCCCCCC/C=C\CCCCCCCCCCCCCCOC(=O)CCCCCCCCCCCCCCCC. The molecule has 3 N–H and O–H groups in total. The second kappa shape index (κ2) is 75.1. The monoisotopic (exact) mass is 1200 g/mol. The van der Waals surface area contributed by atoms with Crippen LogP contribution in [0.1, 0.15) is 457 Å². The van der Waals surface area contributed by atoms with Crippen LogP contribution in [0.2, 0.25) is 0 Å². The van der Waals surface area contributed by atoms with Crippen molar-refractivity contribution in [1.82, 2.24) is 5.32 Å². The first-order chi connectivity index (χ1) is 42.0. The normalized spacial score (nSPS) is 12.5. The van der Waals surface area contributed by atoms with E-state index in [9.17, 15) is 19.8 Å². The summed E-state index contributed by atoms with van der Waals surface area (Å²) in [4.78, 5) is 24.6. The van der Waals surface area contributed by atoms with Crippen molar-refractivity contribution in [2.45, 2.75) is 469 Å². The number of nitrogens with one attached hydrogen (secondary N) is 1. The first-order valence-electron chi connectivity index (χ1n) is 39.4. The number of unbranched alkanes of at least 4 members (excludes halogenated alkanes) is 62. The van der Waals surface area contributed by atoms with Crippen molar-refractivity contribution in [3.05, 3.63) is 12.2 Å². The van der Waals surface area contributed by atoms with Crippen LogP contribution in [0.15, 0.2) is 12.2 Å². The van der Waals surface area contributed by atoms with Gasteiger partial charge in [0.05, 0.1) is 25.4 Å². The van der Waals surface area contributed by atoms with Gasteiger partial charge < -0.3 is 20.3 Å². The Balaban J connectivity index is 3.35. The molecule has 0 aromatic heterocycles. The van der Waals surface area contributed by atoms with Crippen molar-refractivity contribution in [2.24, 2.45) is 0 Å². The van der Waals surface area contributed by atoms with Gasteiger partial charge in [-0.05, 0) is 51.4 Å². The molecule has 6 nitrogen and oxygen atoms in total. The maximum Gasteiger partial charge on any atom is 0.305 e. The minimum atomic E-state index is -0.663. The lowest BCUT2D eigenvalue weighted by Gasteiger charge is -2.22. The minimum absolute atomic E-state index is 0.0217. The van der Waals surface area contributed by atoms with Gasteiger partial charge >= 0.3 is 5.97 Å². The third kappa shape index (κ3) is 71.6. The largest absolute Gasteiger partial charge is 0.466 e. The van der Waals surface area contributed by atoms with Gasteiger partial charge in [0.15, 0.2) is 0 Å². The van der Waals surface area contributed by atoms with Crippen LogP contribution in [0.3, 0.4) is 0 Å². The Kier molecular flexibility index (Phi) is 73.8. The second-order valence-corrected chi connectivity index (χ2v) is 27.4. The molecule has 0 radical (unpaired) electrons. The molecular weight excluding hydrogens is 1040 g/mol. The van der Waals surface area contributed by atoms with E-state index < -0.39 is 12.1 Å². The second-order valence-electron chi connectivity index (χ2n) is 27.4. The van der Waals surface area contributed by atoms with Gasteiger partial charge in [-0.1, -0.05) is 405 Å². The number of amides is 1. The fourth-order valence-corrected chi connectivity index (χ4v) is 12.8. The van der Waals surface area contributed by atoms with E-state index in [1.54, 1.807) is 0 Å². The van der Waals surface area contributed by atoms with E-state index in [2.05, 4.69) is 31.3 Å². The zero-order valence-electron chi connectivity index (χ0n) is 58.1. The smallest absolute Gasteiger partial charge is 0.305 e. The van der Waals surface area contributed by atoms with Gasteiger partial charge in [-0.15, -0.1) is 0 Å². The van der Waals surface area contributed by atoms with Gasteiger partial charge in [-0.2, -0.15) is 0 Å².